The van der Waals surface area contributed by atoms with Crippen LogP contribution in [0.3, 0.4) is 0 Å². The van der Waals surface area contributed by atoms with Gasteiger partial charge in [-0.05, 0) is 12.0 Å². The van der Waals surface area contributed by atoms with E-state index in [-0.39, 0.29) is 0 Å². The summed E-state index contributed by atoms with van der Waals surface area (Å²) in [5, 5.41) is 0. The Labute approximate surface area is 87.7 Å². The van der Waals surface area contributed by atoms with Crippen LogP contribution in [0, 0.1) is 6.42 Å². The van der Waals surface area contributed by atoms with Gasteiger partial charge in [-0.1, -0.05) is 68.7 Å². The van der Waals surface area contributed by atoms with Gasteiger partial charge < -0.3 is 0 Å². The minimum Gasteiger partial charge on any atom is -0.0759 e. The van der Waals surface area contributed by atoms with Crippen LogP contribution < -0.4 is 0 Å². The third kappa shape index (κ3) is 4.86. The fraction of sp³-hybridized carbons (Fsp3) is 0.357. The van der Waals surface area contributed by atoms with Crippen molar-refractivity contribution in [1.82, 2.24) is 0 Å². The molecule has 0 aliphatic carbocycles. The third-order valence-corrected chi connectivity index (χ3v) is 2.12. The second-order valence-corrected chi connectivity index (χ2v) is 3.41. The molecule has 0 bridgehead atoms. The van der Waals surface area contributed by atoms with Crippen molar-refractivity contribution in [2.45, 2.75) is 32.6 Å². The van der Waals surface area contributed by atoms with Gasteiger partial charge in [-0.25, -0.2) is 0 Å². The number of allylic oxidation sites excluding steroid dienone is 1. The van der Waals surface area contributed by atoms with Gasteiger partial charge in [-0.3, -0.25) is 0 Å². The molecule has 0 saturated carbocycles. The summed E-state index contributed by atoms with van der Waals surface area (Å²) >= 11 is 0. The summed E-state index contributed by atoms with van der Waals surface area (Å²) in [7, 11) is 0. The Hall–Kier alpha value is -1.04. The molecule has 0 heterocycles. The zero-order valence-corrected chi connectivity index (χ0v) is 8.87. The van der Waals surface area contributed by atoms with Crippen molar-refractivity contribution >= 4 is 6.08 Å². The molecule has 0 atom stereocenters. The molecular weight excluding hydrogens is 168 g/mol. The molecule has 0 unspecified atom stereocenters. The Kier molecular flexibility index (Phi) is 5.81. The normalized spacial score (nSPS) is 10.9. The van der Waals surface area contributed by atoms with E-state index in [0.717, 1.165) is 6.42 Å². The Bertz CT molecular complexity index is 246. The lowest BCUT2D eigenvalue weighted by atomic mass is 10.1. The van der Waals surface area contributed by atoms with Crippen molar-refractivity contribution in [3.8, 4) is 0 Å². The largest absolute Gasteiger partial charge is 0.0759 e. The van der Waals surface area contributed by atoms with Crippen molar-refractivity contribution in [2.75, 3.05) is 0 Å². The van der Waals surface area contributed by atoms with Crippen molar-refractivity contribution < 1.29 is 0 Å². The van der Waals surface area contributed by atoms with Crippen LogP contribution >= 0.6 is 0 Å². The summed E-state index contributed by atoms with van der Waals surface area (Å²) in [6, 6.07) is 10.3. The number of hydrogen-bond acceptors (Lipinski definition) is 0. The molecule has 0 saturated heterocycles. The van der Waals surface area contributed by atoms with Crippen LogP contribution in [0.25, 0.3) is 6.08 Å². The first-order chi connectivity index (χ1) is 6.93. The highest BCUT2D eigenvalue weighted by molar-refractivity contribution is 5.49. The molecule has 1 rings (SSSR count). The predicted octanol–water partition coefficient (Wildman–Crippen LogP) is 4.36. The van der Waals surface area contributed by atoms with Crippen LogP contribution in [0.1, 0.15) is 38.2 Å². The molecule has 0 aromatic heterocycles. The second kappa shape index (κ2) is 7.37. The van der Waals surface area contributed by atoms with Crippen LogP contribution in [0.5, 0.6) is 0 Å². The summed E-state index contributed by atoms with van der Waals surface area (Å²) in [6.45, 7) is 2.22. The molecule has 1 aromatic carbocycles. The smallest absolute Gasteiger partial charge is 0.00844 e. The van der Waals surface area contributed by atoms with Gasteiger partial charge in [0.05, 0.1) is 0 Å². The maximum Gasteiger partial charge on any atom is 0.00844 e. The lowest BCUT2D eigenvalue weighted by Gasteiger charge is -1.94. The second-order valence-electron chi connectivity index (χ2n) is 3.41. The summed E-state index contributed by atoms with van der Waals surface area (Å²) < 4.78 is 0. The number of benzene rings is 1. The highest BCUT2D eigenvalue weighted by Gasteiger charge is 1.86. The van der Waals surface area contributed by atoms with E-state index in [1.807, 2.05) is 12.1 Å². The maximum absolute atomic E-state index is 3.29. The van der Waals surface area contributed by atoms with Crippen LogP contribution in [0.2, 0.25) is 0 Å². The molecule has 0 heteroatoms. The van der Waals surface area contributed by atoms with Gasteiger partial charge in [0, 0.05) is 6.42 Å². The van der Waals surface area contributed by atoms with E-state index in [0.29, 0.717) is 0 Å². The zero-order valence-electron chi connectivity index (χ0n) is 8.87. The molecule has 14 heavy (non-hydrogen) atoms. The van der Waals surface area contributed by atoms with E-state index in [9.17, 15) is 0 Å². The molecule has 1 aromatic rings. The Morgan fingerprint density at radius 3 is 2.64 bits per heavy atom. The van der Waals surface area contributed by atoms with Crippen molar-refractivity contribution in [3.05, 3.63) is 48.4 Å². The molecular formula is C14H18. The fourth-order valence-electron chi connectivity index (χ4n) is 1.28. The highest BCUT2D eigenvalue weighted by Crippen LogP contribution is 2.05. The summed E-state index contributed by atoms with van der Waals surface area (Å²) in [5.74, 6) is 0. The Balaban J connectivity index is 2.15. The van der Waals surface area contributed by atoms with Crippen LogP contribution in [-0.4, -0.2) is 0 Å². The summed E-state index contributed by atoms with van der Waals surface area (Å²) in [4.78, 5) is 0. The Morgan fingerprint density at radius 2 is 1.93 bits per heavy atom. The lowest BCUT2D eigenvalue weighted by Crippen LogP contribution is -1.75. The molecule has 0 nitrogen and oxygen atoms in total. The first-order valence-electron chi connectivity index (χ1n) is 5.38. The van der Waals surface area contributed by atoms with Gasteiger partial charge in [-0.2, -0.15) is 0 Å². The molecule has 0 amide bonds. The van der Waals surface area contributed by atoms with E-state index in [1.54, 1.807) is 0 Å². The molecule has 0 aliphatic heterocycles. The van der Waals surface area contributed by atoms with Gasteiger partial charge in [0.2, 0.25) is 0 Å². The average molecular weight is 186 g/mol. The van der Waals surface area contributed by atoms with Crippen molar-refractivity contribution in [3.63, 3.8) is 0 Å². The number of hydrogen-bond donors (Lipinski definition) is 0. The van der Waals surface area contributed by atoms with Gasteiger partial charge in [0.15, 0.2) is 0 Å². The zero-order chi connectivity index (χ0) is 10.1. The molecule has 0 N–H and O–H groups in total. The molecule has 0 fully saturated rings. The summed E-state index contributed by atoms with van der Waals surface area (Å²) in [5.41, 5.74) is 1.25. The fourth-order valence-corrected chi connectivity index (χ4v) is 1.28. The van der Waals surface area contributed by atoms with E-state index < -0.39 is 0 Å². The van der Waals surface area contributed by atoms with Crippen molar-refractivity contribution in [2.24, 2.45) is 0 Å². The molecule has 0 aliphatic rings. The third-order valence-electron chi connectivity index (χ3n) is 2.12. The quantitative estimate of drug-likeness (QED) is 0.579. The topological polar surface area (TPSA) is 0 Å². The molecule has 74 valence electrons. The SMILES string of the molecule is CCCCC[C]C=Cc1ccccc1. The average Bonchev–Trinajstić information content (AvgIpc) is 2.25. The van der Waals surface area contributed by atoms with E-state index in [4.69, 9.17) is 0 Å². The van der Waals surface area contributed by atoms with Gasteiger partial charge in [-0.15, -0.1) is 0 Å². The van der Waals surface area contributed by atoms with E-state index in [1.165, 1.54) is 24.8 Å². The highest BCUT2D eigenvalue weighted by atomic mass is 13.9. The standard InChI is InChI=1S/C14H18/c1-2-3-4-5-6-8-11-14-12-9-7-10-13-14/h7-13H,2-5H2,1H3. The first-order valence-corrected chi connectivity index (χ1v) is 5.38. The lowest BCUT2D eigenvalue weighted by molar-refractivity contribution is 0.717. The van der Waals surface area contributed by atoms with Crippen molar-refractivity contribution in [1.29, 1.82) is 0 Å². The van der Waals surface area contributed by atoms with E-state index >= 15 is 0 Å². The minimum atomic E-state index is 1.08. The van der Waals surface area contributed by atoms with Gasteiger partial charge in [0.1, 0.15) is 0 Å². The number of rotatable bonds is 6. The Morgan fingerprint density at radius 1 is 1.14 bits per heavy atom. The monoisotopic (exact) mass is 186 g/mol. The molecule has 0 spiro atoms. The van der Waals surface area contributed by atoms with Gasteiger partial charge in [0.25, 0.3) is 0 Å². The maximum atomic E-state index is 3.29. The molecule has 2 radical (unpaired) electrons. The predicted molar refractivity (Wildman–Crippen MR) is 62.9 cm³/mol. The minimum absolute atomic E-state index is 1.08. The van der Waals surface area contributed by atoms with Crippen LogP contribution in [-0.2, 0) is 0 Å². The van der Waals surface area contributed by atoms with E-state index in [2.05, 4.69) is 43.7 Å². The number of unbranched alkanes of at least 4 members (excludes halogenated alkanes) is 4. The first kappa shape index (κ1) is 11.0. The van der Waals surface area contributed by atoms with Gasteiger partial charge >= 0.3 is 0 Å². The van der Waals surface area contributed by atoms with Crippen LogP contribution in [0.15, 0.2) is 36.4 Å². The summed E-state index contributed by atoms with van der Waals surface area (Å²) in [6.07, 6.45) is 12.4. The van der Waals surface area contributed by atoms with Crippen LogP contribution in [0.4, 0.5) is 0 Å².